The number of alkyl halides is 3. The molecule has 3 N–H and O–H groups in total. The van der Waals surface area contributed by atoms with Crippen molar-refractivity contribution in [1.29, 1.82) is 0 Å². The average molecular weight is 296 g/mol. The fraction of sp³-hybridized carbons (Fsp3) is 0.286. The zero-order valence-corrected chi connectivity index (χ0v) is 11.6. The lowest BCUT2D eigenvalue weighted by Gasteiger charge is -2.13. The summed E-state index contributed by atoms with van der Waals surface area (Å²) in [6, 6.07) is 5.51. The van der Waals surface area contributed by atoms with Gasteiger partial charge in [0.15, 0.2) is 0 Å². The van der Waals surface area contributed by atoms with Crippen LogP contribution in [0.4, 0.5) is 30.5 Å². The molecule has 112 valence electrons. The molecule has 2 aromatic rings. The van der Waals surface area contributed by atoms with E-state index in [-0.39, 0.29) is 11.4 Å². The number of nitrogens with one attached hydrogen (secondary N) is 1. The molecular weight excluding hydrogens is 281 g/mol. The number of aryl methyl sites for hydroxylation is 2. The van der Waals surface area contributed by atoms with Gasteiger partial charge in [0, 0.05) is 18.2 Å². The van der Waals surface area contributed by atoms with E-state index in [0.717, 1.165) is 6.07 Å². The van der Waals surface area contributed by atoms with Gasteiger partial charge in [-0.05, 0) is 24.6 Å². The van der Waals surface area contributed by atoms with E-state index >= 15 is 0 Å². The summed E-state index contributed by atoms with van der Waals surface area (Å²) in [6.45, 7) is 3.29. The lowest BCUT2D eigenvalue weighted by Crippen LogP contribution is -2.08. The first-order valence-electron chi connectivity index (χ1n) is 6.38. The van der Waals surface area contributed by atoms with Crippen LogP contribution in [0.3, 0.4) is 0 Å². The van der Waals surface area contributed by atoms with Crippen LogP contribution in [0.5, 0.6) is 0 Å². The number of aromatic nitrogens is 2. The van der Waals surface area contributed by atoms with E-state index in [2.05, 4.69) is 15.3 Å². The molecule has 4 nitrogen and oxygen atoms in total. The summed E-state index contributed by atoms with van der Waals surface area (Å²) in [5.74, 6) is 1.17. The van der Waals surface area contributed by atoms with Gasteiger partial charge < -0.3 is 11.1 Å². The Morgan fingerprint density at radius 1 is 1.19 bits per heavy atom. The van der Waals surface area contributed by atoms with Crippen LogP contribution in [-0.4, -0.2) is 9.97 Å². The minimum Gasteiger partial charge on any atom is -0.384 e. The van der Waals surface area contributed by atoms with Gasteiger partial charge in [0.25, 0.3) is 0 Å². The fourth-order valence-electron chi connectivity index (χ4n) is 1.89. The van der Waals surface area contributed by atoms with E-state index in [9.17, 15) is 13.2 Å². The molecule has 0 aliphatic heterocycles. The topological polar surface area (TPSA) is 63.8 Å². The van der Waals surface area contributed by atoms with Crippen LogP contribution in [0.15, 0.2) is 24.3 Å². The first-order valence-corrected chi connectivity index (χ1v) is 6.38. The molecule has 7 heteroatoms. The summed E-state index contributed by atoms with van der Waals surface area (Å²) < 4.78 is 38.6. The number of halogens is 3. The fourth-order valence-corrected chi connectivity index (χ4v) is 1.89. The summed E-state index contributed by atoms with van der Waals surface area (Å²) in [5.41, 5.74) is 5.44. The second kappa shape index (κ2) is 5.59. The smallest absolute Gasteiger partial charge is 0.384 e. The zero-order valence-electron chi connectivity index (χ0n) is 11.6. The number of nitrogens with zero attached hydrogens (tertiary/aromatic N) is 2. The van der Waals surface area contributed by atoms with Crippen molar-refractivity contribution in [3.63, 3.8) is 0 Å². The number of anilines is 3. The molecule has 0 aliphatic rings. The third-order valence-electron chi connectivity index (χ3n) is 2.92. The number of hydrogen-bond donors (Lipinski definition) is 2. The number of nitrogens with two attached hydrogens (primary N) is 1. The highest BCUT2D eigenvalue weighted by molar-refractivity contribution is 5.60. The van der Waals surface area contributed by atoms with Crippen molar-refractivity contribution in [3.8, 4) is 0 Å². The van der Waals surface area contributed by atoms with Gasteiger partial charge in [-0.1, -0.05) is 13.0 Å². The molecule has 1 heterocycles. The highest BCUT2D eigenvalue weighted by atomic mass is 19.4. The van der Waals surface area contributed by atoms with Crippen molar-refractivity contribution in [3.05, 3.63) is 41.2 Å². The largest absolute Gasteiger partial charge is 0.416 e. The van der Waals surface area contributed by atoms with E-state index < -0.39 is 11.7 Å². The molecule has 1 aromatic heterocycles. The molecule has 2 rings (SSSR count). The van der Waals surface area contributed by atoms with Gasteiger partial charge in [-0.2, -0.15) is 13.2 Å². The van der Waals surface area contributed by atoms with E-state index in [1.807, 2.05) is 6.92 Å². The van der Waals surface area contributed by atoms with Gasteiger partial charge in [0.1, 0.15) is 17.5 Å². The Labute approximate surface area is 120 Å². The molecule has 0 saturated carbocycles. The number of benzene rings is 1. The molecule has 0 radical (unpaired) electrons. The molecule has 1 aromatic carbocycles. The minimum atomic E-state index is -4.39. The number of nitrogen functional groups attached to an aromatic ring is 1. The molecule has 0 amide bonds. The number of rotatable bonds is 3. The maximum atomic E-state index is 12.9. The predicted octanol–water partition coefficient (Wildman–Crippen LogP) is 3.69. The van der Waals surface area contributed by atoms with Gasteiger partial charge in [-0.25, -0.2) is 9.97 Å². The Bertz CT molecular complexity index is 653. The van der Waals surface area contributed by atoms with Crippen molar-refractivity contribution >= 4 is 17.3 Å². The minimum absolute atomic E-state index is 0.171. The SMILES string of the molecule is CCc1nc(N)cc(Nc2ccc(C)c(C(F)(F)F)c2)n1. The summed E-state index contributed by atoms with van der Waals surface area (Å²) in [6.07, 6.45) is -3.80. The first-order chi connectivity index (χ1) is 9.79. The molecule has 0 fully saturated rings. The number of hydrogen-bond acceptors (Lipinski definition) is 4. The monoisotopic (exact) mass is 296 g/mol. The average Bonchev–Trinajstić information content (AvgIpc) is 2.39. The Hall–Kier alpha value is -2.31. The van der Waals surface area contributed by atoms with Gasteiger partial charge in [0.05, 0.1) is 5.56 Å². The molecule has 0 atom stereocenters. The lowest BCUT2D eigenvalue weighted by molar-refractivity contribution is -0.138. The predicted molar refractivity (Wildman–Crippen MR) is 75.3 cm³/mol. The summed E-state index contributed by atoms with van der Waals surface area (Å²) in [7, 11) is 0. The van der Waals surface area contributed by atoms with Crippen LogP contribution in [0.2, 0.25) is 0 Å². The Morgan fingerprint density at radius 3 is 2.52 bits per heavy atom. The van der Waals surface area contributed by atoms with Crippen LogP contribution < -0.4 is 11.1 Å². The van der Waals surface area contributed by atoms with Gasteiger partial charge >= 0.3 is 6.18 Å². The second-order valence-corrected chi connectivity index (χ2v) is 4.60. The van der Waals surface area contributed by atoms with E-state index in [4.69, 9.17) is 5.73 Å². The Balaban J connectivity index is 2.34. The third-order valence-corrected chi connectivity index (χ3v) is 2.92. The molecule has 0 spiro atoms. The Morgan fingerprint density at radius 2 is 1.90 bits per heavy atom. The normalized spacial score (nSPS) is 11.5. The van der Waals surface area contributed by atoms with Gasteiger partial charge in [-0.15, -0.1) is 0 Å². The molecular formula is C14H15F3N4. The van der Waals surface area contributed by atoms with Crippen molar-refractivity contribution in [2.45, 2.75) is 26.4 Å². The van der Waals surface area contributed by atoms with Crippen molar-refractivity contribution < 1.29 is 13.2 Å². The Kier molecular flexibility index (Phi) is 4.02. The van der Waals surface area contributed by atoms with Crippen molar-refractivity contribution in [2.24, 2.45) is 0 Å². The highest BCUT2D eigenvalue weighted by Gasteiger charge is 2.32. The molecule has 0 unspecified atom stereocenters. The molecule has 21 heavy (non-hydrogen) atoms. The van der Waals surface area contributed by atoms with E-state index in [1.165, 1.54) is 19.1 Å². The quantitative estimate of drug-likeness (QED) is 0.906. The van der Waals surface area contributed by atoms with E-state index in [0.29, 0.717) is 23.8 Å². The van der Waals surface area contributed by atoms with Crippen LogP contribution >= 0.6 is 0 Å². The first kappa shape index (κ1) is 15.1. The van der Waals surface area contributed by atoms with Crippen LogP contribution in [0.25, 0.3) is 0 Å². The maximum Gasteiger partial charge on any atom is 0.416 e. The van der Waals surface area contributed by atoms with Crippen LogP contribution in [-0.2, 0) is 12.6 Å². The van der Waals surface area contributed by atoms with Gasteiger partial charge in [-0.3, -0.25) is 0 Å². The molecule has 0 aliphatic carbocycles. The second-order valence-electron chi connectivity index (χ2n) is 4.60. The third kappa shape index (κ3) is 3.62. The maximum absolute atomic E-state index is 12.9. The van der Waals surface area contributed by atoms with Crippen molar-refractivity contribution in [2.75, 3.05) is 11.1 Å². The molecule has 0 bridgehead atoms. The standard InChI is InChI=1S/C14H15F3N4/c1-3-12-20-11(18)7-13(21-12)19-9-5-4-8(2)10(6-9)14(15,16)17/h4-7H,3H2,1-2H3,(H3,18,19,20,21). The molecule has 0 saturated heterocycles. The zero-order chi connectivity index (χ0) is 15.6. The van der Waals surface area contributed by atoms with Gasteiger partial charge in [0.2, 0.25) is 0 Å². The summed E-state index contributed by atoms with van der Waals surface area (Å²) >= 11 is 0. The van der Waals surface area contributed by atoms with Crippen LogP contribution in [0, 0.1) is 6.92 Å². The highest BCUT2D eigenvalue weighted by Crippen LogP contribution is 2.34. The lowest BCUT2D eigenvalue weighted by atomic mass is 10.1. The van der Waals surface area contributed by atoms with Crippen molar-refractivity contribution in [1.82, 2.24) is 9.97 Å². The van der Waals surface area contributed by atoms with Crippen LogP contribution in [0.1, 0.15) is 23.9 Å². The summed E-state index contributed by atoms with van der Waals surface area (Å²) in [5, 5.41) is 2.83. The summed E-state index contributed by atoms with van der Waals surface area (Å²) in [4.78, 5) is 8.19. The van der Waals surface area contributed by atoms with E-state index in [1.54, 1.807) is 6.07 Å².